The lowest BCUT2D eigenvalue weighted by Crippen LogP contribution is -2.34. The van der Waals surface area contributed by atoms with Crippen LogP contribution in [0.25, 0.3) is 0 Å². The molecule has 5 atom stereocenters. The summed E-state index contributed by atoms with van der Waals surface area (Å²) in [6.45, 7) is 11.6. The molecule has 3 fully saturated rings. The first-order valence-electron chi connectivity index (χ1n) is 8.72. The highest BCUT2D eigenvalue weighted by atomic mass is 28.3. The Morgan fingerprint density at radius 3 is 2.38 bits per heavy atom. The van der Waals surface area contributed by atoms with Gasteiger partial charge in [-0.25, -0.2) is 0 Å². The van der Waals surface area contributed by atoms with Gasteiger partial charge in [-0.15, -0.1) is 11.5 Å². The monoisotopic (exact) mass is 302 g/mol. The second-order valence-corrected chi connectivity index (χ2v) is 14.2. The molecule has 0 aliphatic heterocycles. The van der Waals surface area contributed by atoms with Crippen LogP contribution >= 0.6 is 0 Å². The quantitative estimate of drug-likeness (QED) is 0.513. The third-order valence-electron chi connectivity index (χ3n) is 6.16. The maximum Gasteiger partial charge on any atom is 0.133 e. The van der Waals surface area contributed by atoms with Gasteiger partial charge in [0, 0.05) is 18.8 Å². The molecular weight excluding hydrogens is 272 g/mol. The van der Waals surface area contributed by atoms with Crippen LogP contribution in [0.4, 0.5) is 0 Å². The van der Waals surface area contributed by atoms with Crippen LogP contribution in [0.3, 0.4) is 0 Å². The van der Waals surface area contributed by atoms with Crippen LogP contribution in [0.1, 0.15) is 46.0 Å². The van der Waals surface area contributed by atoms with Crippen LogP contribution in [-0.2, 0) is 4.79 Å². The summed E-state index contributed by atoms with van der Waals surface area (Å²) in [6, 6.07) is 0. The van der Waals surface area contributed by atoms with Crippen LogP contribution < -0.4 is 0 Å². The van der Waals surface area contributed by atoms with Gasteiger partial charge >= 0.3 is 0 Å². The van der Waals surface area contributed by atoms with Crippen LogP contribution in [0.2, 0.25) is 19.6 Å². The molecule has 0 aromatic heterocycles. The van der Waals surface area contributed by atoms with E-state index in [2.05, 4.69) is 45.0 Å². The molecule has 0 radical (unpaired) electrons. The van der Waals surface area contributed by atoms with E-state index in [0.29, 0.717) is 23.5 Å². The first kappa shape index (κ1) is 15.3. The molecule has 0 amide bonds. The summed E-state index contributed by atoms with van der Waals surface area (Å²) in [5.41, 5.74) is 3.84. The van der Waals surface area contributed by atoms with E-state index in [-0.39, 0.29) is 5.41 Å². The number of hydrogen-bond acceptors (Lipinski definition) is 1. The van der Waals surface area contributed by atoms with E-state index in [4.69, 9.17) is 0 Å². The van der Waals surface area contributed by atoms with Crippen LogP contribution in [0.5, 0.6) is 0 Å². The first-order valence-corrected chi connectivity index (χ1v) is 12.2. The fourth-order valence-corrected chi connectivity index (χ4v) is 5.92. The summed E-state index contributed by atoms with van der Waals surface area (Å²) >= 11 is 0. The predicted molar refractivity (Wildman–Crippen MR) is 90.4 cm³/mol. The van der Waals surface area contributed by atoms with Gasteiger partial charge < -0.3 is 0 Å². The Bertz CT molecular complexity index is 502. The molecule has 1 nitrogen and oxygen atoms in total. The molecule has 2 bridgehead atoms. The van der Waals surface area contributed by atoms with Crippen molar-refractivity contribution < 1.29 is 4.79 Å². The van der Waals surface area contributed by atoms with Gasteiger partial charge in [-0.05, 0) is 48.3 Å². The molecule has 0 N–H and O–H groups in total. The lowest BCUT2D eigenvalue weighted by atomic mass is 9.65. The summed E-state index contributed by atoms with van der Waals surface area (Å²) in [6.07, 6.45) is 5.77. The maximum atomic E-state index is 12.0. The summed E-state index contributed by atoms with van der Waals surface area (Å²) in [5, 5.41) is 0. The van der Waals surface area contributed by atoms with Gasteiger partial charge in [0.1, 0.15) is 13.9 Å². The predicted octanol–water partition coefficient (Wildman–Crippen LogP) is 4.53. The standard InChI is InChI=1S/C19H30OSi/c1-19(2)12-15(20)11-17(19)18-14-7-6-13(10-14)16(18)8-9-21(3,4)5/h13-14,16-18H,6-7,10-12H2,1-5H3/t13-,14+,16?,17-,18?/m0/s1. The zero-order valence-electron chi connectivity index (χ0n) is 14.3. The molecule has 0 aromatic rings. The maximum absolute atomic E-state index is 12.0. The highest BCUT2D eigenvalue weighted by Gasteiger charge is 2.55. The molecule has 116 valence electrons. The summed E-state index contributed by atoms with van der Waals surface area (Å²) in [5.74, 6) is 7.78. The highest BCUT2D eigenvalue weighted by Crippen LogP contribution is 2.60. The molecule has 2 heteroatoms. The van der Waals surface area contributed by atoms with Crippen molar-refractivity contribution in [1.29, 1.82) is 0 Å². The van der Waals surface area contributed by atoms with Gasteiger partial charge in [-0.1, -0.05) is 33.5 Å². The van der Waals surface area contributed by atoms with Crippen molar-refractivity contribution >= 4 is 13.9 Å². The number of hydrogen-bond donors (Lipinski definition) is 0. The smallest absolute Gasteiger partial charge is 0.133 e. The molecule has 2 unspecified atom stereocenters. The van der Waals surface area contributed by atoms with Crippen molar-refractivity contribution in [1.82, 2.24) is 0 Å². The number of ketones is 1. The normalized spacial score (nSPS) is 41.2. The van der Waals surface area contributed by atoms with Crippen molar-refractivity contribution in [2.75, 3.05) is 0 Å². The second kappa shape index (κ2) is 4.98. The number of carbonyl (C=O) groups excluding carboxylic acids is 1. The Morgan fingerprint density at radius 2 is 1.81 bits per heavy atom. The fraction of sp³-hybridized carbons (Fsp3) is 0.842. The molecule has 0 heterocycles. The SMILES string of the molecule is CC1(C)CC(=O)C[C@H]1C1C(C#C[Si](C)(C)C)[C@H]2CC[C@@H]1C2. The molecule has 0 spiro atoms. The van der Waals surface area contributed by atoms with E-state index in [1.807, 2.05) is 0 Å². The molecular formula is C19H30OSi. The first-order chi connectivity index (χ1) is 9.67. The van der Waals surface area contributed by atoms with Crippen LogP contribution in [-0.4, -0.2) is 13.9 Å². The van der Waals surface area contributed by atoms with Crippen LogP contribution in [0, 0.1) is 46.5 Å². The van der Waals surface area contributed by atoms with E-state index in [1.165, 1.54) is 19.3 Å². The third kappa shape index (κ3) is 2.87. The van der Waals surface area contributed by atoms with Gasteiger partial charge in [0.2, 0.25) is 0 Å². The Morgan fingerprint density at radius 1 is 1.14 bits per heavy atom. The van der Waals surface area contributed by atoms with E-state index in [0.717, 1.165) is 24.7 Å². The number of fused-ring (bicyclic) bond motifs is 2. The molecule has 3 aliphatic carbocycles. The largest absolute Gasteiger partial charge is 0.300 e. The molecule has 21 heavy (non-hydrogen) atoms. The van der Waals surface area contributed by atoms with E-state index >= 15 is 0 Å². The zero-order chi connectivity index (χ0) is 15.4. The Kier molecular flexibility index (Phi) is 3.64. The van der Waals surface area contributed by atoms with E-state index < -0.39 is 8.07 Å². The summed E-state index contributed by atoms with van der Waals surface area (Å²) in [4.78, 5) is 12.0. The van der Waals surface area contributed by atoms with Gasteiger partial charge in [-0.3, -0.25) is 4.79 Å². The van der Waals surface area contributed by atoms with Gasteiger partial charge in [0.05, 0.1) is 0 Å². The van der Waals surface area contributed by atoms with Crippen LogP contribution in [0.15, 0.2) is 0 Å². The van der Waals surface area contributed by atoms with E-state index in [9.17, 15) is 4.79 Å². The van der Waals surface area contributed by atoms with Gasteiger partial charge in [0.25, 0.3) is 0 Å². The molecule has 3 aliphatic rings. The second-order valence-electron chi connectivity index (χ2n) is 9.47. The average molecular weight is 303 g/mol. The van der Waals surface area contributed by atoms with Crippen molar-refractivity contribution in [2.24, 2.45) is 35.0 Å². The Labute approximate surface area is 131 Å². The fourth-order valence-electron chi connectivity index (χ4n) is 5.32. The molecule has 0 aromatic carbocycles. The lowest BCUT2D eigenvalue weighted by molar-refractivity contribution is -0.118. The average Bonchev–Trinajstić information content (AvgIpc) is 2.97. The van der Waals surface area contributed by atoms with Crippen molar-refractivity contribution in [2.45, 2.75) is 65.6 Å². The summed E-state index contributed by atoms with van der Waals surface area (Å²) in [7, 11) is -1.30. The number of rotatable bonds is 1. The zero-order valence-corrected chi connectivity index (χ0v) is 15.3. The van der Waals surface area contributed by atoms with Crippen molar-refractivity contribution in [3.63, 3.8) is 0 Å². The number of carbonyl (C=O) groups is 1. The minimum atomic E-state index is -1.30. The minimum absolute atomic E-state index is 0.200. The van der Waals surface area contributed by atoms with Gasteiger partial charge in [0.15, 0.2) is 0 Å². The Balaban J connectivity index is 1.88. The number of Topliss-reactive ketones (excluding diaryl/α,β-unsaturated/α-hetero) is 1. The molecule has 3 saturated carbocycles. The third-order valence-corrected chi connectivity index (χ3v) is 7.06. The topological polar surface area (TPSA) is 17.1 Å². The molecule has 3 rings (SSSR count). The highest BCUT2D eigenvalue weighted by molar-refractivity contribution is 6.83. The molecule has 0 saturated heterocycles. The van der Waals surface area contributed by atoms with Gasteiger partial charge in [-0.2, -0.15) is 0 Å². The van der Waals surface area contributed by atoms with Crippen molar-refractivity contribution in [3.05, 3.63) is 0 Å². The van der Waals surface area contributed by atoms with E-state index in [1.54, 1.807) is 0 Å². The minimum Gasteiger partial charge on any atom is -0.300 e. The van der Waals surface area contributed by atoms with Crippen molar-refractivity contribution in [3.8, 4) is 11.5 Å². The Hall–Kier alpha value is -0.553. The lowest BCUT2D eigenvalue weighted by Gasteiger charge is -2.39. The summed E-state index contributed by atoms with van der Waals surface area (Å²) < 4.78 is 0.